The Labute approximate surface area is 187 Å². The van der Waals surface area contributed by atoms with Gasteiger partial charge in [-0.3, -0.25) is 9.69 Å². The number of anilines is 2. The van der Waals surface area contributed by atoms with Crippen molar-refractivity contribution < 1.29 is 14.1 Å². The summed E-state index contributed by atoms with van der Waals surface area (Å²) >= 11 is 0. The van der Waals surface area contributed by atoms with Gasteiger partial charge in [-0.25, -0.2) is 0 Å². The second kappa shape index (κ2) is 9.10. The minimum Gasteiger partial charge on any atom is -0.369 e. The maximum atomic E-state index is 11.7. The largest absolute Gasteiger partial charge is 0.369 e. The number of hydrogen-bond donors (Lipinski definition) is 0. The van der Waals surface area contributed by atoms with Crippen molar-refractivity contribution >= 4 is 17.7 Å². The van der Waals surface area contributed by atoms with Gasteiger partial charge in [0.05, 0.1) is 6.10 Å². The van der Waals surface area contributed by atoms with Crippen LogP contribution in [0.4, 0.5) is 11.4 Å². The number of para-hydroxylation sites is 1. The fourth-order valence-electron chi connectivity index (χ4n) is 4.43. The summed E-state index contributed by atoms with van der Waals surface area (Å²) in [6.45, 7) is 7.23. The van der Waals surface area contributed by atoms with Crippen LogP contribution in [0.1, 0.15) is 5.89 Å². The number of ether oxygens (including phenoxy) is 1. The Kier molecular flexibility index (Phi) is 5.87. The van der Waals surface area contributed by atoms with Gasteiger partial charge in [0.1, 0.15) is 0 Å². The molecule has 8 nitrogen and oxygen atoms in total. The van der Waals surface area contributed by atoms with E-state index in [2.05, 4.69) is 44.2 Å². The van der Waals surface area contributed by atoms with E-state index in [0.29, 0.717) is 18.3 Å². The zero-order valence-electron chi connectivity index (χ0n) is 18.1. The first kappa shape index (κ1) is 20.7. The molecule has 3 heterocycles. The molecule has 0 saturated carbocycles. The van der Waals surface area contributed by atoms with Gasteiger partial charge in [-0.05, 0) is 36.4 Å². The second-order valence-electron chi connectivity index (χ2n) is 8.24. The number of rotatable bonds is 6. The zero-order valence-corrected chi connectivity index (χ0v) is 18.1. The third kappa shape index (κ3) is 4.37. The van der Waals surface area contributed by atoms with Gasteiger partial charge >= 0.3 is 0 Å². The van der Waals surface area contributed by atoms with Crippen molar-refractivity contribution in [3.8, 4) is 11.4 Å². The van der Waals surface area contributed by atoms with Crippen molar-refractivity contribution in [2.75, 3.05) is 49.1 Å². The van der Waals surface area contributed by atoms with E-state index in [4.69, 9.17) is 9.26 Å². The molecule has 2 saturated heterocycles. The molecule has 0 aliphatic carbocycles. The fraction of sp³-hybridized carbons (Fsp3) is 0.375. The van der Waals surface area contributed by atoms with Gasteiger partial charge < -0.3 is 19.1 Å². The summed E-state index contributed by atoms with van der Waals surface area (Å²) in [5.41, 5.74) is 3.10. The van der Waals surface area contributed by atoms with Gasteiger partial charge in [0.25, 0.3) is 0 Å². The van der Waals surface area contributed by atoms with Crippen LogP contribution in [0.5, 0.6) is 0 Å². The molecular weight excluding hydrogens is 406 g/mol. The summed E-state index contributed by atoms with van der Waals surface area (Å²) in [6, 6.07) is 18.4. The molecule has 2 unspecified atom stereocenters. The lowest BCUT2D eigenvalue weighted by Gasteiger charge is -2.36. The molecule has 8 heteroatoms. The number of carbonyl (C=O) groups excluding carboxylic acids is 1. The molecule has 5 rings (SSSR count). The Morgan fingerprint density at radius 2 is 1.75 bits per heavy atom. The van der Waals surface area contributed by atoms with E-state index in [-0.39, 0.29) is 6.10 Å². The van der Waals surface area contributed by atoms with Gasteiger partial charge in [0, 0.05) is 63.1 Å². The summed E-state index contributed by atoms with van der Waals surface area (Å²) in [6.07, 6.45) is 0.306. The Morgan fingerprint density at radius 3 is 2.41 bits per heavy atom. The molecular formula is C24H27N5O3. The predicted molar refractivity (Wildman–Crippen MR) is 122 cm³/mol. The normalized spacial score (nSPS) is 21.8. The third-order valence-corrected chi connectivity index (χ3v) is 6.10. The van der Waals surface area contributed by atoms with Crippen LogP contribution in [0.15, 0.2) is 59.1 Å². The van der Waals surface area contributed by atoms with Gasteiger partial charge in [-0.1, -0.05) is 23.4 Å². The van der Waals surface area contributed by atoms with Crippen LogP contribution in [-0.4, -0.2) is 72.9 Å². The standard InChI is InChI=1S/C24H27N5O3/c1-18-25-24(26-32-18)19-7-9-21(10-8-19)29-16-22(31-23(29)17-30)15-27-11-13-28(14-12-27)20-5-3-2-4-6-20/h2-10,17,22-23H,11-16H2,1H3. The maximum absolute atomic E-state index is 11.7. The van der Waals surface area contributed by atoms with Gasteiger partial charge in [0.15, 0.2) is 12.5 Å². The summed E-state index contributed by atoms with van der Waals surface area (Å²) < 4.78 is 11.1. The first-order valence-corrected chi connectivity index (χ1v) is 11.0. The number of aldehydes is 1. The highest BCUT2D eigenvalue weighted by Gasteiger charge is 2.34. The molecule has 1 aromatic heterocycles. The van der Waals surface area contributed by atoms with Crippen molar-refractivity contribution in [2.45, 2.75) is 19.3 Å². The third-order valence-electron chi connectivity index (χ3n) is 6.10. The minimum absolute atomic E-state index is 0.00647. The highest BCUT2D eigenvalue weighted by Crippen LogP contribution is 2.27. The first-order valence-electron chi connectivity index (χ1n) is 11.0. The van der Waals surface area contributed by atoms with E-state index in [9.17, 15) is 4.79 Å². The molecule has 32 heavy (non-hydrogen) atoms. The molecule has 2 aliphatic heterocycles. The Bertz CT molecular complexity index is 1030. The van der Waals surface area contributed by atoms with E-state index in [1.807, 2.05) is 35.2 Å². The molecule has 0 N–H and O–H groups in total. The Hall–Kier alpha value is -3.23. The quantitative estimate of drug-likeness (QED) is 0.549. The lowest BCUT2D eigenvalue weighted by atomic mass is 10.1. The Balaban J connectivity index is 1.19. The maximum Gasteiger partial charge on any atom is 0.223 e. The van der Waals surface area contributed by atoms with Gasteiger partial charge in [-0.15, -0.1) is 0 Å². The molecule has 0 amide bonds. The van der Waals surface area contributed by atoms with Crippen LogP contribution >= 0.6 is 0 Å². The van der Waals surface area contributed by atoms with Crippen molar-refractivity contribution in [3.63, 3.8) is 0 Å². The molecule has 0 spiro atoms. The average Bonchev–Trinajstić information content (AvgIpc) is 3.46. The van der Waals surface area contributed by atoms with Gasteiger partial charge in [0.2, 0.25) is 11.7 Å². The van der Waals surface area contributed by atoms with Crippen LogP contribution < -0.4 is 9.80 Å². The SMILES string of the molecule is Cc1nc(-c2ccc(N3CC(CN4CCN(c5ccccc5)CC4)OC3C=O)cc2)no1. The van der Waals surface area contributed by atoms with Crippen LogP contribution in [-0.2, 0) is 9.53 Å². The van der Waals surface area contributed by atoms with Crippen molar-refractivity contribution in [2.24, 2.45) is 0 Å². The number of benzene rings is 2. The summed E-state index contributed by atoms with van der Waals surface area (Å²) in [4.78, 5) is 22.8. The molecule has 2 fully saturated rings. The predicted octanol–water partition coefficient (Wildman–Crippen LogP) is 2.60. The molecule has 3 aromatic rings. The molecule has 0 bridgehead atoms. The molecule has 0 radical (unpaired) electrons. The highest BCUT2D eigenvalue weighted by molar-refractivity contribution is 5.67. The minimum atomic E-state index is -0.566. The number of hydrogen-bond acceptors (Lipinski definition) is 8. The molecule has 2 aromatic carbocycles. The van der Waals surface area contributed by atoms with Crippen LogP contribution in [0.3, 0.4) is 0 Å². The topological polar surface area (TPSA) is 74.9 Å². The zero-order chi connectivity index (χ0) is 21.9. The lowest BCUT2D eigenvalue weighted by molar-refractivity contribution is -0.117. The van der Waals surface area contributed by atoms with Crippen LogP contribution in [0.25, 0.3) is 11.4 Å². The smallest absolute Gasteiger partial charge is 0.223 e. The molecule has 2 atom stereocenters. The summed E-state index contributed by atoms with van der Waals surface area (Å²) in [5.74, 6) is 1.09. The molecule has 166 valence electrons. The average molecular weight is 434 g/mol. The number of piperazine rings is 1. The Morgan fingerprint density at radius 1 is 1.00 bits per heavy atom. The molecule has 2 aliphatic rings. The second-order valence-corrected chi connectivity index (χ2v) is 8.24. The number of carbonyl (C=O) groups is 1. The van der Waals surface area contributed by atoms with E-state index < -0.39 is 6.23 Å². The summed E-state index contributed by atoms with van der Waals surface area (Å²) in [5, 5.41) is 3.96. The number of aryl methyl sites for hydroxylation is 1. The number of nitrogens with zero attached hydrogens (tertiary/aromatic N) is 5. The monoisotopic (exact) mass is 433 g/mol. The van der Waals surface area contributed by atoms with Gasteiger partial charge in [-0.2, -0.15) is 4.98 Å². The van der Waals surface area contributed by atoms with E-state index in [0.717, 1.165) is 50.3 Å². The van der Waals surface area contributed by atoms with Crippen LogP contribution in [0, 0.1) is 6.92 Å². The van der Waals surface area contributed by atoms with Crippen molar-refractivity contribution in [3.05, 3.63) is 60.5 Å². The van der Waals surface area contributed by atoms with Crippen molar-refractivity contribution in [1.29, 1.82) is 0 Å². The highest BCUT2D eigenvalue weighted by atomic mass is 16.5. The van der Waals surface area contributed by atoms with E-state index >= 15 is 0 Å². The lowest BCUT2D eigenvalue weighted by Crippen LogP contribution is -2.49. The first-order chi connectivity index (χ1) is 15.7. The van der Waals surface area contributed by atoms with Crippen LogP contribution in [0.2, 0.25) is 0 Å². The summed E-state index contributed by atoms with van der Waals surface area (Å²) in [7, 11) is 0. The number of aromatic nitrogens is 2. The van der Waals surface area contributed by atoms with E-state index in [1.165, 1.54) is 5.69 Å². The fourth-order valence-corrected chi connectivity index (χ4v) is 4.43. The van der Waals surface area contributed by atoms with Crippen molar-refractivity contribution in [1.82, 2.24) is 15.0 Å². The van der Waals surface area contributed by atoms with E-state index in [1.54, 1.807) is 6.92 Å².